The number of hydrogen-bond donors (Lipinski definition) is 0. The van der Waals surface area contributed by atoms with Crippen LogP contribution in [-0.4, -0.2) is 39.6 Å². The minimum absolute atomic E-state index is 0.00461. The van der Waals surface area contributed by atoms with E-state index in [9.17, 15) is 8.42 Å². The normalized spacial score (nSPS) is 14.5. The number of rotatable bonds is 8. The van der Waals surface area contributed by atoms with Gasteiger partial charge in [0.25, 0.3) is 0 Å². The van der Waals surface area contributed by atoms with Gasteiger partial charge in [-0.1, -0.05) is 0 Å². The van der Waals surface area contributed by atoms with Gasteiger partial charge in [0.1, 0.15) is 0 Å². The molecule has 0 saturated carbocycles. The topological polar surface area (TPSA) is 47.0 Å². The Labute approximate surface area is 173 Å². The van der Waals surface area contributed by atoms with Crippen LogP contribution in [0.15, 0.2) is 3.04 Å². The molecule has 2 rings (SSSR count). The van der Waals surface area contributed by atoms with Gasteiger partial charge in [-0.15, -0.1) is 0 Å². The molecule has 0 N–H and O–H groups in total. The number of fused-ring (bicyclic) bond motifs is 1. The molecule has 26 heavy (non-hydrogen) atoms. The molecule has 0 spiro atoms. The van der Waals surface area contributed by atoms with Crippen molar-refractivity contribution in [1.29, 1.82) is 0 Å². The molecular weight excluding hydrogens is 478 g/mol. The van der Waals surface area contributed by atoms with Crippen molar-refractivity contribution < 1.29 is 8.42 Å². The molecule has 2 aromatic heterocycles. The molecule has 148 valence electrons. The minimum atomic E-state index is -3.23. The third-order valence-corrected chi connectivity index (χ3v) is 13.8. The van der Waals surface area contributed by atoms with E-state index >= 15 is 0 Å². The predicted molar refractivity (Wildman–Crippen MR) is 115 cm³/mol. The molecule has 2 aromatic rings. The maximum absolute atomic E-state index is 13.1. The monoisotopic (exact) mass is 513 g/mol. The first-order valence-electron chi connectivity index (χ1n) is 9.67. The maximum atomic E-state index is 13.1. The van der Waals surface area contributed by atoms with Crippen molar-refractivity contribution in [3.8, 4) is 0 Å². The van der Waals surface area contributed by atoms with Gasteiger partial charge in [0.15, 0.2) is 0 Å². The zero-order valence-corrected chi connectivity index (χ0v) is 21.1. The van der Waals surface area contributed by atoms with E-state index in [1.807, 2.05) is 11.3 Å². The van der Waals surface area contributed by atoms with Gasteiger partial charge < -0.3 is 0 Å². The van der Waals surface area contributed by atoms with Crippen LogP contribution in [0.3, 0.4) is 0 Å². The van der Waals surface area contributed by atoms with Gasteiger partial charge in [0.2, 0.25) is 0 Å². The van der Waals surface area contributed by atoms with Crippen LogP contribution in [-0.2, 0) is 15.3 Å². The molecule has 3 nitrogen and oxygen atoms in total. The van der Waals surface area contributed by atoms with Crippen LogP contribution in [0.2, 0.25) is 0 Å². The van der Waals surface area contributed by atoms with Crippen molar-refractivity contribution in [2.24, 2.45) is 5.92 Å². The number of aromatic nitrogens is 1. The van der Waals surface area contributed by atoms with Crippen LogP contribution in [0.5, 0.6) is 0 Å². The molecule has 0 aliphatic heterocycles. The van der Waals surface area contributed by atoms with Crippen LogP contribution in [0.1, 0.15) is 89.8 Å². The van der Waals surface area contributed by atoms with E-state index < -0.39 is 30.3 Å². The van der Waals surface area contributed by atoms with Gasteiger partial charge in [-0.25, -0.2) is 0 Å². The molecule has 0 aliphatic carbocycles. The fraction of sp³-hybridized carbons (Fsp3) is 0.750. The summed E-state index contributed by atoms with van der Waals surface area (Å²) in [6, 6.07) is 0. The Morgan fingerprint density at radius 1 is 1.19 bits per heavy atom. The standard InChI is InChI=1S/C20H33NO2S2Te/c1-8-10-11-14(9-2)12-25(22,23)19-21-15-17(26-19)16(13(3)4)24-18(15)20(5,6)7/h13-14H,8-12H2,1-7H3. The summed E-state index contributed by atoms with van der Waals surface area (Å²) in [6.07, 6.45) is 4.16. The van der Waals surface area contributed by atoms with Crippen molar-refractivity contribution in [1.82, 2.24) is 4.98 Å². The zero-order valence-electron chi connectivity index (χ0n) is 17.2. The van der Waals surface area contributed by atoms with Crippen molar-refractivity contribution in [3.05, 3.63) is 9.75 Å². The molecular formula is C20H33NO2S2Te. The molecule has 0 amide bonds. The molecule has 6 heteroatoms. The summed E-state index contributed by atoms with van der Waals surface area (Å²) in [5.41, 5.74) is 1.01. The average Bonchev–Trinajstić information content (AvgIpc) is 3.09. The Morgan fingerprint density at radius 2 is 1.85 bits per heavy atom. The molecule has 0 fully saturated rings. The number of unbranched alkanes of at least 4 members (excludes halogenated alkanes) is 1. The van der Waals surface area contributed by atoms with E-state index in [4.69, 9.17) is 4.98 Å². The summed E-state index contributed by atoms with van der Waals surface area (Å²) in [6.45, 7) is 15.3. The second-order valence-electron chi connectivity index (χ2n) is 8.56. The predicted octanol–water partition coefficient (Wildman–Crippen LogP) is 5.76. The van der Waals surface area contributed by atoms with Crippen molar-refractivity contribution in [2.75, 3.05) is 5.75 Å². The molecule has 0 radical (unpaired) electrons. The molecule has 0 saturated heterocycles. The Balaban J connectivity index is 2.47. The van der Waals surface area contributed by atoms with Gasteiger partial charge >= 0.3 is 174 Å². The Kier molecular flexibility index (Phi) is 7.44. The summed E-state index contributed by atoms with van der Waals surface area (Å²) in [5, 5.41) is 0. The van der Waals surface area contributed by atoms with Crippen LogP contribution >= 0.6 is 11.3 Å². The average molecular weight is 511 g/mol. The van der Waals surface area contributed by atoms with Crippen LogP contribution < -0.4 is 0 Å². The van der Waals surface area contributed by atoms with Crippen LogP contribution in [0, 0.1) is 5.92 Å². The zero-order chi connectivity index (χ0) is 19.7. The summed E-state index contributed by atoms with van der Waals surface area (Å²) >= 11 is 0.941. The second-order valence-corrected chi connectivity index (χ2v) is 15.2. The number of sulfone groups is 1. The molecule has 1 atom stereocenters. The summed E-state index contributed by atoms with van der Waals surface area (Å²) in [4.78, 5) is 7.37. The fourth-order valence-electron chi connectivity index (χ4n) is 3.13. The summed E-state index contributed by atoms with van der Waals surface area (Å²) in [5.74, 6) is 0.975. The first-order valence-corrected chi connectivity index (χ1v) is 14.5. The molecule has 0 aliphatic rings. The van der Waals surface area contributed by atoms with Crippen molar-refractivity contribution in [3.63, 3.8) is 0 Å². The van der Waals surface area contributed by atoms with E-state index in [0.717, 1.165) is 31.2 Å². The number of thiophene rings is 1. The fourth-order valence-corrected chi connectivity index (χ4v) is 11.5. The van der Waals surface area contributed by atoms with E-state index in [-0.39, 0.29) is 17.1 Å². The van der Waals surface area contributed by atoms with Crippen molar-refractivity contribution in [2.45, 2.75) is 88.5 Å². The Hall–Kier alpha value is 0.110. The molecule has 0 bridgehead atoms. The molecule has 1 unspecified atom stereocenters. The van der Waals surface area contributed by atoms with Crippen LogP contribution in [0.4, 0.5) is 0 Å². The van der Waals surface area contributed by atoms with Gasteiger partial charge in [0, 0.05) is 0 Å². The first kappa shape index (κ1) is 22.4. The van der Waals surface area contributed by atoms with Crippen LogP contribution in [0.25, 0.3) is 8.92 Å². The van der Waals surface area contributed by atoms with Gasteiger partial charge in [-0.3, -0.25) is 0 Å². The van der Waals surface area contributed by atoms with E-state index in [1.165, 1.54) is 13.2 Å². The second kappa shape index (κ2) is 8.64. The van der Waals surface area contributed by atoms with E-state index in [0.29, 0.717) is 8.96 Å². The summed E-state index contributed by atoms with van der Waals surface area (Å²) < 4.78 is 28.0. The third kappa shape index (κ3) is 4.93. The number of hydrogen-bond acceptors (Lipinski definition) is 4. The quantitative estimate of drug-likeness (QED) is 0.424. The first-order chi connectivity index (χ1) is 12.0. The van der Waals surface area contributed by atoms with Gasteiger partial charge in [-0.2, -0.15) is 0 Å². The van der Waals surface area contributed by atoms with E-state index in [1.54, 1.807) is 0 Å². The Morgan fingerprint density at radius 3 is 2.35 bits per heavy atom. The van der Waals surface area contributed by atoms with Gasteiger partial charge in [-0.05, 0) is 0 Å². The number of nitrogens with zero attached hydrogens (tertiary/aromatic N) is 1. The Bertz CT molecular complexity index is 841. The van der Waals surface area contributed by atoms with E-state index in [2.05, 4.69) is 48.5 Å². The molecule has 2 heterocycles. The van der Waals surface area contributed by atoms with Gasteiger partial charge in [0.05, 0.1) is 0 Å². The molecule has 0 aromatic carbocycles. The third-order valence-electron chi connectivity index (χ3n) is 4.73. The summed E-state index contributed by atoms with van der Waals surface area (Å²) in [7, 11) is -3.23. The SMILES string of the molecule is CCCCC(CC)CS(=O)(=O)c1nc2c(C(C)(C)C)sc(C(C)C)c2[te]1. The van der Waals surface area contributed by atoms with Crippen molar-refractivity contribution >= 4 is 50.5 Å².